The molecule has 0 fully saturated rings. The lowest BCUT2D eigenvalue weighted by molar-refractivity contribution is 0.790. The fourth-order valence-corrected chi connectivity index (χ4v) is 2.47. The second kappa shape index (κ2) is 5.02. The second-order valence-electron chi connectivity index (χ2n) is 5.05. The van der Waals surface area contributed by atoms with Gasteiger partial charge in [0, 0.05) is 29.1 Å². The minimum absolute atomic E-state index is 0.0448. The third-order valence-corrected chi connectivity index (χ3v) is 3.54. The average molecular weight is 263 g/mol. The third kappa shape index (κ3) is 2.17. The summed E-state index contributed by atoms with van der Waals surface area (Å²) in [5, 5.41) is 2.37. The molecule has 0 aliphatic carbocycles. The Morgan fingerprint density at radius 2 is 1.80 bits per heavy atom. The molecule has 1 atom stereocenters. The largest absolute Gasteiger partial charge is 0.324 e. The zero-order valence-corrected chi connectivity index (χ0v) is 11.7. The molecule has 3 aromatic rings. The van der Waals surface area contributed by atoms with E-state index in [1.807, 2.05) is 38.2 Å². The van der Waals surface area contributed by atoms with Crippen molar-refractivity contribution in [3.8, 4) is 11.4 Å². The highest BCUT2D eigenvalue weighted by Gasteiger charge is 2.10. The first-order valence-corrected chi connectivity index (χ1v) is 6.74. The van der Waals surface area contributed by atoms with Gasteiger partial charge in [0.25, 0.3) is 0 Å². The Morgan fingerprint density at radius 3 is 2.55 bits per heavy atom. The number of benzene rings is 2. The molecular formula is C17H17N3. The van der Waals surface area contributed by atoms with E-state index in [1.54, 1.807) is 0 Å². The fraction of sp³-hybridized carbons (Fsp3) is 0.176. The molecule has 2 N–H and O–H groups in total. The maximum atomic E-state index is 5.91. The molecule has 1 aromatic heterocycles. The van der Waals surface area contributed by atoms with Crippen molar-refractivity contribution >= 4 is 10.8 Å². The van der Waals surface area contributed by atoms with Crippen LogP contribution in [0.15, 0.2) is 48.7 Å². The van der Waals surface area contributed by atoms with Crippen molar-refractivity contribution in [3.63, 3.8) is 0 Å². The molecule has 3 nitrogen and oxygen atoms in total. The van der Waals surface area contributed by atoms with E-state index in [1.165, 1.54) is 10.8 Å². The number of fused-ring (bicyclic) bond motifs is 1. The van der Waals surface area contributed by atoms with Crippen LogP contribution in [-0.4, -0.2) is 9.97 Å². The molecule has 3 rings (SSSR count). The van der Waals surface area contributed by atoms with E-state index < -0.39 is 0 Å². The fourth-order valence-electron chi connectivity index (χ4n) is 2.47. The average Bonchev–Trinajstić information content (AvgIpc) is 2.46. The van der Waals surface area contributed by atoms with Crippen LogP contribution >= 0.6 is 0 Å². The van der Waals surface area contributed by atoms with Crippen LogP contribution in [0.4, 0.5) is 0 Å². The van der Waals surface area contributed by atoms with Crippen molar-refractivity contribution in [2.75, 3.05) is 0 Å². The summed E-state index contributed by atoms with van der Waals surface area (Å²) >= 11 is 0. The first kappa shape index (κ1) is 12.8. The Morgan fingerprint density at radius 1 is 1.05 bits per heavy atom. The Balaban J connectivity index is 2.19. The number of nitrogens with two attached hydrogens (primary N) is 1. The van der Waals surface area contributed by atoms with Crippen LogP contribution in [0.2, 0.25) is 0 Å². The van der Waals surface area contributed by atoms with Crippen molar-refractivity contribution in [1.29, 1.82) is 0 Å². The minimum Gasteiger partial charge on any atom is -0.324 e. The first-order chi connectivity index (χ1) is 9.66. The highest BCUT2D eigenvalue weighted by molar-refractivity contribution is 5.94. The van der Waals surface area contributed by atoms with Gasteiger partial charge in [-0.25, -0.2) is 9.97 Å². The summed E-state index contributed by atoms with van der Waals surface area (Å²) in [4.78, 5) is 9.11. The molecule has 0 saturated heterocycles. The molecule has 0 bridgehead atoms. The van der Waals surface area contributed by atoms with Gasteiger partial charge < -0.3 is 5.73 Å². The lowest BCUT2D eigenvalue weighted by Crippen LogP contribution is -2.09. The van der Waals surface area contributed by atoms with E-state index >= 15 is 0 Å². The molecule has 1 heterocycles. The quantitative estimate of drug-likeness (QED) is 0.768. The topological polar surface area (TPSA) is 51.8 Å². The molecule has 0 amide bonds. The smallest absolute Gasteiger partial charge is 0.159 e. The van der Waals surface area contributed by atoms with Crippen molar-refractivity contribution in [2.45, 2.75) is 19.9 Å². The first-order valence-electron chi connectivity index (χ1n) is 6.74. The summed E-state index contributed by atoms with van der Waals surface area (Å²) < 4.78 is 0. The molecule has 0 spiro atoms. The Bertz CT molecular complexity index is 758. The SMILES string of the molecule is Cc1nc(-c2cccc3ccccc23)ncc1[C@H](C)N. The van der Waals surface area contributed by atoms with Crippen LogP contribution in [0.3, 0.4) is 0 Å². The third-order valence-electron chi connectivity index (χ3n) is 3.54. The highest BCUT2D eigenvalue weighted by atomic mass is 14.9. The molecule has 3 heteroatoms. The van der Waals surface area contributed by atoms with Crippen molar-refractivity contribution < 1.29 is 0 Å². The summed E-state index contributed by atoms with van der Waals surface area (Å²) in [6.45, 7) is 3.93. The van der Waals surface area contributed by atoms with E-state index in [-0.39, 0.29) is 6.04 Å². The predicted molar refractivity (Wildman–Crippen MR) is 82.3 cm³/mol. The van der Waals surface area contributed by atoms with E-state index in [4.69, 9.17) is 5.73 Å². The number of rotatable bonds is 2. The Kier molecular flexibility index (Phi) is 3.20. The van der Waals surface area contributed by atoms with Gasteiger partial charge in [0.2, 0.25) is 0 Å². The van der Waals surface area contributed by atoms with Crippen LogP contribution in [-0.2, 0) is 0 Å². The molecule has 0 aliphatic rings. The van der Waals surface area contributed by atoms with Crippen LogP contribution in [0, 0.1) is 6.92 Å². The van der Waals surface area contributed by atoms with Crippen LogP contribution < -0.4 is 5.73 Å². The van der Waals surface area contributed by atoms with Crippen LogP contribution in [0.5, 0.6) is 0 Å². The van der Waals surface area contributed by atoms with Gasteiger partial charge in [-0.3, -0.25) is 0 Å². The number of nitrogens with zero attached hydrogens (tertiary/aromatic N) is 2. The van der Waals surface area contributed by atoms with E-state index in [2.05, 4.69) is 34.2 Å². The lowest BCUT2D eigenvalue weighted by atomic mass is 10.0. The van der Waals surface area contributed by atoms with Gasteiger partial charge in [-0.15, -0.1) is 0 Å². The number of aromatic nitrogens is 2. The van der Waals surface area contributed by atoms with Crippen molar-refractivity contribution in [3.05, 3.63) is 59.9 Å². The van der Waals surface area contributed by atoms with Crippen molar-refractivity contribution in [1.82, 2.24) is 9.97 Å². The molecule has 0 aliphatic heterocycles. The number of hydrogen-bond donors (Lipinski definition) is 1. The van der Waals surface area contributed by atoms with Gasteiger partial charge in [-0.2, -0.15) is 0 Å². The molecule has 20 heavy (non-hydrogen) atoms. The molecular weight excluding hydrogens is 246 g/mol. The van der Waals surface area contributed by atoms with Crippen molar-refractivity contribution in [2.24, 2.45) is 5.73 Å². The molecule has 0 unspecified atom stereocenters. The van der Waals surface area contributed by atoms with Gasteiger partial charge >= 0.3 is 0 Å². The van der Waals surface area contributed by atoms with Crippen LogP contribution in [0.25, 0.3) is 22.2 Å². The number of hydrogen-bond acceptors (Lipinski definition) is 3. The van der Waals surface area contributed by atoms with E-state index in [0.29, 0.717) is 0 Å². The standard InChI is InChI=1S/C17H17N3/c1-11(18)16-10-19-17(20-12(16)2)15-9-5-7-13-6-3-4-8-14(13)15/h3-11H,18H2,1-2H3/t11-/m0/s1. The summed E-state index contributed by atoms with van der Waals surface area (Å²) in [6, 6.07) is 14.4. The second-order valence-corrected chi connectivity index (χ2v) is 5.05. The van der Waals surface area contributed by atoms with Crippen LogP contribution in [0.1, 0.15) is 24.2 Å². The predicted octanol–water partition coefficient (Wildman–Crippen LogP) is 3.62. The number of aryl methyl sites for hydroxylation is 1. The molecule has 0 radical (unpaired) electrons. The summed E-state index contributed by atoms with van der Waals surface area (Å²) in [6.07, 6.45) is 1.84. The summed E-state index contributed by atoms with van der Waals surface area (Å²) in [5.41, 5.74) is 8.91. The van der Waals surface area contributed by atoms with Gasteiger partial charge in [0.15, 0.2) is 5.82 Å². The Hall–Kier alpha value is -2.26. The van der Waals surface area contributed by atoms with Gasteiger partial charge in [0.05, 0.1) is 0 Å². The Labute approximate surface area is 118 Å². The summed E-state index contributed by atoms with van der Waals surface area (Å²) in [5.74, 6) is 0.753. The van der Waals surface area contributed by atoms with Gasteiger partial charge in [-0.1, -0.05) is 42.5 Å². The molecule has 2 aromatic carbocycles. The maximum Gasteiger partial charge on any atom is 0.159 e. The molecule has 0 saturated carbocycles. The van der Waals surface area contributed by atoms with Gasteiger partial charge in [0.1, 0.15) is 0 Å². The zero-order valence-electron chi connectivity index (χ0n) is 11.7. The zero-order chi connectivity index (χ0) is 14.1. The highest BCUT2D eigenvalue weighted by Crippen LogP contribution is 2.26. The molecule has 100 valence electrons. The van der Waals surface area contributed by atoms with Gasteiger partial charge in [-0.05, 0) is 24.6 Å². The maximum absolute atomic E-state index is 5.91. The van der Waals surface area contributed by atoms with E-state index in [0.717, 1.165) is 22.6 Å². The van der Waals surface area contributed by atoms with E-state index in [9.17, 15) is 0 Å². The summed E-state index contributed by atoms with van der Waals surface area (Å²) in [7, 11) is 0. The minimum atomic E-state index is -0.0448. The monoisotopic (exact) mass is 263 g/mol. The normalized spacial score (nSPS) is 12.6. The lowest BCUT2D eigenvalue weighted by Gasteiger charge is -2.11.